The lowest BCUT2D eigenvalue weighted by atomic mass is 9.83. The van der Waals surface area contributed by atoms with Crippen LogP contribution >= 0.6 is 0 Å². The topological polar surface area (TPSA) is 140 Å². The molecule has 4 aromatic rings. The second-order valence-corrected chi connectivity index (χ2v) is 8.34. The first-order chi connectivity index (χ1) is 17.3. The molecule has 12 nitrogen and oxygen atoms in total. The van der Waals surface area contributed by atoms with Gasteiger partial charge in [-0.2, -0.15) is 5.01 Å². The number of hydrogen-bond donors (Lipinski definition) is 2. The highest BCUT2D eigenvalue weighted by molar-refractivity contribution is 6.10. The third-order valence-electron chi connectivity index (χ3n) is 6.20. The molecule has 2 N–H and O–H groups in total. The molecular weight excluding hydrogens is 466 g/mol. The summed E-state index contributed by atoms with van der Waals surface area (Å²) in [6.45, 7) is -0.426. The van der Waals surface area contributed by atoms with E-state index in [2.05, 4.69) is 15.7 Å². The molecule has 1 saturated heterocycles. The summed E-state index contributed by atoms with van der Waals surface area (Å²) in [7, 11) is 2.78. The van der Waals surface area contributed by atoms with Crippen molar-refractivity contribution in [1.82, 2.24) is 34.4 Å². The average Bonchev–Trinajstić information content (AvgIpc) is 3.42. The zero-order valence-electron chi connectivity index (χ0n) is 19.3. The summed E-state index contributed by atoms with van der Waals surface area (Å²) in [6, 6.07) is 16.6. The van der Waals surface area contributed by atoms with Crippen molar-refractivity contribution in [1.29, 1.82) is 0 Å². The van der Waals surface area contributed by atoms with Crippen molar-refractivity contribution in [2.45, 2.75) is 12.1 Å². The minimum Gasteiger partial charge on any atom is -0.315 e. The maximum Gasteiger partial charge on any atom is 0.344 e. The van der Waals surface area contributed by atoms with Crippen molar-refractivity contribution in [3.8, 4) is 0 Å². The van der Waals surface area contributed by atoms with Crippen molar-refractivity contribution in [2.75, 3.05) is 0 Å². The Morgan fingerprint density at radius 2 is 1.50 bits per heavy atom. The lowest BCUT2D eigenvalue weighted by Gasteiger charge is -2.27. The van der Waals surface area contributed by atoms with Crippen LogP contribution in [-0.2, 0) is 35.8 Å². The number of hydrogen-bond acceptors (Lipinski definition) is 6. The van der Waals surface area contributed by atoms with E-state index in [1.54, 1.807) is 60.7 Å². The van der Waals surface area contributed by atoms with Gasteiger partial charge in [0.2, 0.25) is 0 Å². The van der Waals surface area contributed by atoms with Gasteiger partial charge in [0.05, 0.1) is 6.33 Å². The van der Waals surface area contributed by atoms with E-state index in [1.807, 2.05) is 0 Å². The van der Waals surface area contributed by atoms with Crippen LogP contribution in [0, 0.1) is 0 Å². The normalized spacial score (nSPS) is 14.8. The molecular formula is C24H21N7O5. The fourth-order valence-electron chi connectivity index (χ4n) is 4.40. The maximum atomic E-state index is 13.7. The van der Waals surface area contributed by atoms with Crippen molar-refractivity contribution < 1.29 is 14.4 Å². The van der Waals surface area contributed by atoms with Crippen molar-refractivity contribution >= 4 is 29.0 Å². The minimum atomic E-state index is -1.54. The summed E-state index contributed by atoms with van der Waals surface area (Å²) in [4.78, 5) is 68.4. The van der Waals surface area contributed by atoms with Gasteiger partial charge in [0.1, 0.15) is 6.54 Å². The molecule has 5 rings (SSSR count). The lowest BCUT2D eigenvalue weighted by Crippen LogP contribution is -2.50. The molecule has 1 aliphatic heterocycles. The standard InChI is InChI=1S/C24H21N7O5/c1-28-19-18(20(33)29(2)23(28)36)30(14-25-19)13-17(32)27-31-21(34)24(26-22(31)35,15-9-5-3-6-10-15)16-11-7-4-8-12-16/h3-12,14H,13H2,1-2H3,(H,26,35)(H,27,32). The van der Waals surface area contributed by atoms with Crippen molar-refractivity contribution in [3.05, 3.63) is 99.0 Å². The number of fused-ring (bicyclic) bond motifs is 1. The molecule has 0 unspecified atom stereocenters. The van der Waals surface area contributed by atoms with Gasteiger partial charge in [0.25, 0.3) is 17.4 Å². The highest BCUT2D eigenvalue weighted by Crippen LogP contribution is 2.35. The highest BCUT2D eigenvalue weighted by atomic mass is 16.2. The van der Waals surface area contributed by atoms with Crippen molar-refractivity contribution in [2.24, 2.45) is 14.1 Å². The van der Waals surface area contributed by atoms with Gasteiger partial charge in [0.15, 0.2) is 16.7 Å². The van der Waals surface area contributed by atoms with Gasteiger partial charge in [-0.25, -0.2) is 14.6 Å². The molecule has 0 bridgehead atoms. The number of amides is 4. The van der Waals surface area contributed by atoms with Crippen molar-refractivity contribution in [3.63, 3.8) is 0 Å². The van der Waals surface area contributed by atoms with E-state index in [0.717, 1.165) is 4.57 Å². The molecule has 3 heterocycles. The first-order valence-corrected chi connectivity index (χ1v) is 10.9. The molecule has 12 heteroatoms. The number of carbonyl (C=O) groups excluding carboxylic acids is 3. The van der Waals surface area contributed by atoms with E-state index in [4.69, 9.17) is 0 Å². The second-order valence-electron chi connectivity index (χ2n) is 8.34. The number of nitrogens with one attached hydrogen (secondary N) is 2. The quantitative estimate of drug-likeness (QED) is 0.379. The number of urea groups is 1. The second kappa shape index (κ2) is 8.34. The molecule has 1 aliphatic rings. The van der Waals surface area contributed by atoms with Crippen LogP contribution < -0.4 is 22.0 Å². The number of rotatable bonds is 5. The van der Waals surface area contributed by atoms with E-state index in [-0.39, 0.29) is 11.2 Å². The number of imidazole rings is 1. The van der Waals surface area contributed by atoms with Crippen LogP contribution in [0.15, 0.2) is 76.6 Å². The van der Waals surface area contributed by atoms with Crippen LogP contribution in [0.2, 0.25) is 0 Å². The van der Waals surface area contributed by atoms with Crippen LogP contribution in [0.25, 0.3) is 11.2 Å². The van der Waals surface area contributed by atoms with Crippen LogP contribution in [0.3, 0.4) is 0 Å². The Balaban J connectivity index is 1.47. The predicted octanol–water partition coefficient (Wildman–Crippen LogP) is -0.0395. The molecule has 0 spiro atoms. The third kappa shape index (κ3) is 3.30. The fourth-order valence-corrected chi connectivity index (χ4v) is 4.40. The van der Waals surface area contributed by atoms with Gasteiger partial charge in [-0.3, -0.25) is 28.9 Å². The molecule has 1 fully saturated rings. The molecule has 0 atom stereocenters. The van der Waals surface area contributed by atoms with E-state index in [0.29, 0.717) is 16.1 Å². The number of hydrazine groups is 1. The summed E-state index contributed by atoms with van der Waals surface area (Å²) in [5, 5.41) is 3.37. The lowest BCUT2D eigenvalue weighted by molar-refractivity contribution is -0.138. The largest absolute Gasteiger partial charge is 0.344 e. The molecule has 36 heavy (non-hydrogen) atoms. The Morgan fingerprint density at radius 1 is 0.917 bits per heavy atom. The van der Waals surface area contributed by atoms with Gasteiger partial charge >= 0.3 is 11.7 Å². The number of aryl methyl sites for hydroxylation is 1. The molecule has 182 valence electrons. The Hall–Kier alpha value is -5.00. The summed E-state index contributed by atoms with van der Waals surface area (Å²) in [5.74, 6) is -1.43. The molecule has 2 aromatic heterocycles. The third-order valence-corrected chi connectivity index (χ3v) is 6.20. The monoisotopic (exact) mass is 487 g/mol. The highest BCUT2D eigenvalue weighted by Gasteiger charge is 2.54. The van der Waals surface area contributed by atoms with E-state index >= 15 is 0 Å². The number of imide groups is 1. The van der Waals surface area contributed by atoms with E-state index in [9.17, 15) is 24.0 Å². The van der Waals surface area contributed by atoms with Crippen LogP contribution in [0.1, 0.15) is 11.1 Å². The van der Waals surface area contributed by atoms with E-state index < -0.39 is 41.2 Å². The predicted molar refractivity (Wildman–Crippen MR) is 127 cm³/mol. The number of carbonyl (C=O) groups is 3. The summed E-state index contributed by atoms with van der Waals surface area (Å²) >= 11 is 0. The van der Waals surface area contributed by atoms with Crippen LogP contribution in [0.5, 0.6) is 0 Å². The van der Waals surface area contributed by atoms with Gasteiger partial charge in [0, 0.05) is 14.1 Å². The van der Waals surface area contributed by atoms with Gasteiger partial charge in [-0.05, 0) is 11.1 Å². The summed E-state index contributed by atoms with van der Waals surface area (Å²) in [5.41, 5.74) is 0.818. The Bertz CT molecular complexity index is 1600. The summed E-state index contributed by atoms with van der Waals surface area (Å²) in [6.07, 6.45) is 1.25. The average molecular weight is 487 g/mol. The molecule has 0 saturated carbocycles. The fraction of sp³-hybridized carbons (Fsp3) is 0.167. The molecule has 0 radical (unpaired) electrons. The SMILES string of the molecule is Cn1c(=O)c2c(ncn2CC(=O)NN2C(=O)NC(c3ccccc3)(c3ccccc3)C2=O)n(C)c1=O. The van der Waals surface area contributed by atoms with Crippen LogP contribution in [-0.4, -0.2) is 41.5 Å². The number of aromatic nitrogens is 4. The molecule has 2 aromatic carbocycles. The smallest absolute Gasteiger partial charge is 0.315 e. The van der Waals surface area contributed by atoms with Gasteiger partial charge in [-0.15, -0.1) is 0 Å². The Morgan fingerprint density at radius 3 is 2.08 bits per heavy atom. The maximum absolute atomic E-state index is 13.7. The minimum absolute atomic E-state index is 0.0369. The number of nitrogens with zero attached hydrogens (tertiary/aromatic N) is 5. The Kier molecular flexibility index (Phi) is 5.28. The van der Waals surface area contributed by atoms with E-state index in [1.165, 1.54) is 29.6 Å². The molecule has 0 aliphatic carbocycles. The van der Waals surface area contributed by atoms with Gasteiger partial charge < -0.3 is 9.88 Å². The van der Waals surface area contributed by atoms with Crippen LogP contribution in [0.4, 0.5) is 4.79 Å². The molecule has 4 amide bonds. The number of benzene rings is 2. The first kappa shape index (κ1) is 22.8. The first-order valence-electron chi connectivity index (χ1n) is 10.9. The van der Waals surface area contributed by atoms with Gasteiger partial charge in [-0.1, -0.05) is 60.7 Å². The summed E-state index contributed by atoms with van der Waals surface area (Å²) < 4.78 is 3.35. The zero-order valence-corrected chi connectivity index (χ0v) is 19.3. The zero-order chi connectivity index (χ0) is 25.6. The Labute approximate surface area is 203 Å².